The summed E-state index contributed by atoms with van der Waals surface area (Å²) in [4.78, 5) is 8.16. The van der Waals surface area contributed by atoms with Gasteiger partial charge in [-0.05, 0) is 36.5 Å². The Bertz CT molecular complexity index is 479. The minimum atomic E-state index is 0.236. The fraction of sp³-hybridized carbons (Fsp3) is 0.400. The third kappa shape index (κ3) is 3.62. The van der Waals surface area contributed by atoms with Crippen molar-refractivity contribution in [1.82, 2.24) is 9.88 Å². The van der Waals surface area contributed by atoms with Crippen LogP contribution in [0, 0.1) is 6.92 Å². The molecule has 0 radical (unpaired) electrons. The average Bonchev–Trinajstić information content (AvgIpc) is 2.93. The highest BCUT2D eigenvalue weighted by Crippen LogP contribution is 2.22. The Morgan fingerprint density at radius 2 is 2.21 bits per heavy atom. The normalized spacial score (nSPS) is 12.8. The van der Waals surface area contributed by atoms with Crippen molar-refractivity contribution >= 4 is 11.3 Å². The number of pyridine rings is 1. The van der Waals surface area contributed by atoms with Gasteiger partial charge in [0.05, 0.1) is 0 Å². The van der Waals surface area contributed by atoms with Crippen LogP contribution in [0.15, 0.2) is 35.8 Å². The van der Waals surface area contributed by atoms with Gasteiger partial charge >= 0.3 is 0 Å². The number of nitrogens with two attached hydrogens (primary N) is 1. The highest BCUT2D eigenvalue weighted by Gasteiger charge is 2.18. The van der Waals surface area contributed by atoms with Crippen molar-refractivity contribution < 1.29 is 0 Å². The highest BCUT2D eigenvalue weighted by molar-refractivity contribution is 7.09. The zero-order chi connectivity index (χ0) is 13.7. The van der Waals surface area contributed by atoms with Crippen molar-refractivity contribution in [2.24, 2.45) is 5.73 Å². The maximum atomic E-state index is 5.98. The highest BCUT2D eigenvalue weighted by atomic mass is 32.1. The molecule has 0 saturated heterocycles. The third-order valence-corrected chi connectivity index (χ3v) is 4.19. The van der Waals surface area contributed by atoms with E-state index in [1.54, 1.807) is 11.3 Å². The smallest absolute Gasteiger partial charge is 0.0489 e. The van der Waals surface area contributed by atoms with Crippen LogP contribution in [0.25, 0.3) is 0 Å². The van der Waals surface area contributed by atoms with Crippen molar-refractivity contribution in [3.8, 4) is 0 Å². The van der Waals surface area contributed by atoms with E-state index in [4.69, 9.17) is 5.73 Å². The number of aromatic nitrogens is 1. The molecule has 2 N–H and O–H groups in total. The Balaban J connectivity index is 2.16. The zero-order valence-corrected chi connectivity index (χ0v) is 12.4. The van der Waals surface area contributed by atoms with E-state index in [0.717, 1.165) is 18.8 Å². The summed E-state index contributed by atoms with van der Waals surface area (Å²) in [6, 6.07) is 8.70. The molecule has 0 amide bonds. The van der Waals surface area contributed by atoms with Crippen LogP contribution in [-0.4, -0.2) is 23.0 Å². The van der Waals surface area contributed by atoms with E-state index >= 15 is 0 Å². The molecule has 0 bridgehead atoms. The molecule has 102 valence electrons. The molecule has 3 nitrogen and oxygen atoms in total. The number of hydrogen-bond donors (Lipinski definition) is 1. The molecule has 0 aliphatic carbocycles. The molecule has 0 aliphatic rings. The maximum absolute atomic E-state index is 5.98. The standard InChI is InChI=1S/C15H21N3S/c1-3-18(11-14-5-4-8-19-14)15(9-16)13-7-6-12(2)17-10-13/h4-8,10,15H,3,9,11,16H2,1-2H3. The predicted molar refractivity (Wildman–Crippen MR) is 81.2 cm³/mol. The van der Waals surface area contributed by atoms with Gasteiger partial charge in [0.25, 0.3) is 0 Å². The van der Waals surface area contributed by atoms with E-state index in [9.17, 15) is 0 Å². The lowest BCUT2D eigenvalue weighted by Crippen LogP contribution is -2.33. The summed E-state index contributed by atoms with van der Waals surface area (Å²) in [6.45, 7) is 6.73. The van der Waals surface area contributed by atoms with Crippen molar-refractivity contribution in [2.45, 2.75) is 26.4 Å². The van der Waals surface area contributed by atoms with Crippen molar-refractivity contribution in [2.75, 3.05) is 13.1 Å². The lowest BCUT2D eigenvalue weighted by Gasteiger charge is -2.29. The second-order valence-electron chi connectivity index (χ2n) is 4.63. The van der Waals surface area contributed by atoms with Crippen LogP contribution >= 0.6 is 11.3 Å². The summed E-state index contributed by atoms with van der Waals surface area (Å²) in [7, 11) is 0. The molecule has 0 aromatic carbocycles. The van der Waals surface area contributed by atoms with Crippen molar-refractivity contribution in [3.05, 3.63) is 52.0 Å². The van der Waals surface area contributed by atoms with E-state index in [1.807, 2.05) is 13.1 Å². The molecule has 2 aromatic heterocycles. The molecule has 2 aromatic rings. The summed E-state index contributed by atoms with van der Waals surface area (Å²) in [5, 5.41) is 2.12. The van der Waals surface area contributed by atoms with Crippen molar-refractivity contribution in [3.63, 3.8) is 0 Å². The van der Waals surface area contributed by atoms with Crippen LogP contribution in [-0.2, 0) is 6.54 Å². The van der Waals surface area contributed by atoms with E-state index in [1.165, 1.54) is 10.4 Å². The van der Waals surface area contributed by atoms with Crippen LogP contribution < -0.4 is 5.73 Å². The zero-order valence-electron chi connectivity index (χ0n) is 11.5. The minimum Gasteiger partial charge on any atom is -0.329 e. The molecule has 2 rings (SSSR count). The third-order valence-electron chi connectivity index (χ3n) is 3.33. The molecular formula is C15H21N3S. The van der Waals surface area contributed by atoms with E-state index in [2.05, 4.69) is 46.5 Å². The lowest BCUT2D eigenvalue weighted by atomic mass is 10.1. The second-order valence-corrected chi connectivity index (χ2v) is 5.66. The lowest BCUT2D eigenvalue weighted by molar-refractivity contribution is 0.205. The molecular weight excluding hydrogens is 254 g/mol. The van der Waals surface area contributed by atoms with Crippen molar-refractivity contribution in [1.29, 1.82) is 0 Å². The molecule has 1 atom stereocenters. The van der Waals surface area contributed by atoms with Gasteiger partial charge in [-0.1, -0.05) is 19.1 Å². The number of nitrogens with zero attached hydrogens (tertiary/aromatic N) is 2. The number of aryl methyl sites for hydroxylation is 1. The van der Waals surface area contributed by atoms with Crippen LogP contribution in [0.4, 0.5) is 0 Å². The monoisotopic (exact) mass is 275 g/mol. The summed E-state index contributed by atoms with van der Waals surface area (Å²) in [5.74, 6) is 0. The summed E-state index contributed by atoms with van der Waals surface area (Å²) in [6.07, 6.45) is 1.95. The van der Waals surface area contributed by atoms with Crippen LogP contribution in [0.5, 0.6) is 0 Å². The molecule has 0 fully saturated rings. The van der Waals surface area contributed by atoms with Gasteiger partial charge in [0, 0.05) is 35.9 Å². The van der Waals surface area contributed by atoms with E-state index < -0.39 is 0 Å². The molecule has 4 heteroatoms. The van der Waals surface area contributed by atoms with Gasteiger partial charge in [0.2, 0.25) is 0 Å². The van der Waals surface area contributed by atoms with Crippen LogP contribution in [0.1, 0.15) is 29.1 Å². The first-order valence-corrected chi connectivity index (χ1v) is 7.51. The molecule has 19 heavy (non-hydrogen) atoms. The van der Waals surface area contributed by atoms with Crippen LogP contribution in [0.3, 0.4) is 0 Å². The molecule has 2 heterocycles. The SMILES string of the molecule is CCN(Cc1cccs1)C(CN)c1ccc(C)nc1. The summed E-state index contributed by atoms with van der Waals surface area (Å²) < 4.78 is 0. The van der Waals surface area contributed by atoms with Gasteiger partial charge in [-0.15, -0.1) is 11.3 Å². The van der Waals surface area contributed by atoms with Gasteiger partial charge in [-0.25, -0.2) is 0 Å². The number of rotatable bonds is 6. The first-order valence-electron chi connectivity index (χ1n) is 6.63. The Kier molecular flexibility index (Phi) is 5.07. The average molecular weight is 275 g/mol. The molecule has 0 saturated carbocycles. The Morgan fingerprint density at radius 3 is 2.74 bits per heavy atom. The quantitative estimate of drug-likeness (QED) is 0.881. The largest absolute Gasteiger partial charge is 0.329 e. The van der Waals surface area contributed by atoms with Gasteiger partial charge < -0.3 is 5.73 Å². The van der Waals surface area contributed by atoms with Gasteiger partial charge in [0.1, 0.15) is 0 Å². The fourth-order valence-electron chi connectivity index (χ4n) is 2.22. The van der Waals surface area contributed by atoms with Gasteiger partial charge in [-0.3, -0.25) is 9.88 Å². The fourth-order valence-corrected chi connectivity index (χ4v) is 2.95. The topological polar surface area (TPSA) is 42.1 Å². The first-order chi connectivity index (χ1) is 9.24. The minimum absolute atomic E-state index is 0.236. The molecule has 1 unspecified atom stereocenters. The Morgan fingerprint density at radius 1 is 1.37 bits per heavy atom. The summed E-state index contributed by atoms with van der Waals surface area (Å²) >= 11 is 1.79. The van der Waals surface area contributed by atoms with Gasteiger partial charge in [0.15, 0.2) is 0 Å². The summed E-state index contributed by atoms with van der Waals surface area (Å²) in [5.41, 5.74) is 8.23. The van der Waals surface area contributed by atoms with Gasteiger partial charge in [-0.2, -0.15) is 0 Å². The maximum Gasteiger partial charge on any atom is 0.0489 e. The predicted octanol–water partition coefficient (Wildman–Crippen LogP) is 2.97. The second kappa shape index (κ2) is 6.80. The van der Waals surface area contributed by atoms with E-state index in [-0.39, 0.29) is 6.04 Å². The number of hydrogen-bond acceptors (Lipinski definition) is 4. The van der Waals surface area contributed by atoms with Crippen LogP contribution in [0.2, 0.25) is 0 Å². The Labute approximate surface area is 119 Å². The Hall–Kier alpha value is -1.23. The van der Waals surface area contributed by atoms with E-state index in [0.29, 0.717) is 6.54 Å². The molecule has 0 spiro atoms. The molecule has 0 aliphatic heterocycles. The number of thiophene rings is 1. The first kappa shape index (κ1) is 14.2. The number of likely N-dealkylation sites (N-methyl/N-ethyl adjacent to an activating group) is 1.